The van der Waals surface area contributed by atoms with Gasteiger partial charge in [-0.15, -0.1) is 0 Å². The molecule has 0 saturated carbocycles. The fourth-order valence-corrected chi connectivity index (χ4v) is 4.49. The van der Waals surface area contributed by atoms with Gasteiger partial charge < -0.3 is 9.88 Å². The maximum absolute atomic E-state index is 13.0. The number of carbonyl (C=O) groups excluding carboxylic acids is 1. The molecule has 4 aromatic rings. The quantitative estimate of drug-likeness (QED) is 0.325. The molecule has 1 heterocycles. The molecule has 0 aliphatic carbocycles. The Morgan fingerprint density at radius 3 is 2.42 bits per heavy atom. The number of rotatable bonds is 8. The molecule has 33 heavy (non-hydrogen) atoms. The van der Waals surface area contributed by atoms with Crippen LogP contribution < -0.4 is 5.32 Å². The smallest absolute Gasteiger partial charge is 0.221 e. The zero-order chi connectivity index (χ0) is 23.4. The van der Waals surface area contributed by atoms with E-state index in [0.717, 1.165) is 13.0 Å². The molecule has 170 valence electrons. The van der Waals surface area contributed by atoms with Crippen molar-refractivity contribution >= 4 is 16.8 Å². The maximum atomic E-state index is 13.0. The molecule has 1 N–H and O–H groups in total. The van der Waals surface area contributed by atoms with E-state index >= 15 is 0 Å². The Morgan fingerprint density at radius 1 is 0.939 bits per heavy atom. The Kier molecular flexibility index (Phi) is 6.98. The summed E-state index contributed by atoms with van der Waals surface area (Å²) in [4.78, 5) is 13.0. The first-order valence-electron chi connectivity index (χ1n) is 11.9. The second kappa shape index (κ2) is 10.1. The number of nitrogens with one attached hydrogen (secondary N) is 1. The molecule has 4 rings (SSSR count). The third-order valence-electron chi connectivity index (χ3n) is 6.52. The summed E-state index contributed by atoms with van der Waals surface area (Å²) in [7, 11) is 0. The lowest BCUT2D eigenvalue weighted by Gasteiger charge is -2.19. The van der Waals surface area contributed by atoms with Crippen molar-refractivity contribution < 1.29 is 4.79 Å². The zero-order valence-corrected chi connectivity index (χ0v) is 20.1. The third kappa shape index (κ3) is 5.36. The number of nitrogens with zero attached hydrogens (tertiary/aromatic N) is 1. The maximum Gasteiger partial charge on any atom is 0.221 e. The second-order valence-electron chi connectivity index (χ2n) is 9.26. The molecule has 0 unspecified atom stereocenters. The van der Waals surface area contributed by atoms with Gasteiger partial charge >= 0.3 is 0 Å². The topological polar surface area (TPSA) is 34.0 Å². The predicted molar refractivity (Wildman–Crippen MR) is 138 cm³/mol. The fraction of sp³-hybridized carbons (Fsp3) is 0.300. The van der Waals surface area contributed by atoms with Gasteiger partial charge in [-0.05, 0) is 49.9 Å². The van der Waals surface area contributed by atoms with Crippen LogP contribution in [-0.4, -0.2) is 16.5 Å². The lowest BCUT2D eigenvalue weighted by Crippen LogP contribution is -2.33. The largest absolute Gasteiger partial charge is 0.354 e. The van der Waals surface area contributed by atoms with Crippen molar-refractivity contribution in [1.29, 1.82) is 0 Å². The van der Waals surface area contributed by atoms with Gasteiger partial charge in [0.05, 0.1) is 0 Å². The van der Waals surface area contributed by atoms with E-state index in [1.54, 1.807) is 0 Å². The number of amides is 1. The molecule has 1 amide bonds. The van der Waals surface area contributed by atoms with E-state index in [1.807, 2.05) is 0 Å². The molecule has 0 radical (unpaired) electrons. The number of para-hydroxylation sites is 1. The minimum absolute atomic E-state index is 0.00174. The summed E-state index contributed by atoms with van der Waals surface area (Å²) in [6.45, 7) is 9.19. The van der Waals surface area contributed by atoms with Crippen LogP contribution in [0.5, 0.6) is 0 Å². The Morgan fingerprint density at radius 2 is 1.70 bits per heavy atom. The number of hydrogen-bond donors (Lipinski definition) is 1. The van der Waals surface area contributed by atoms with Gasteiger partial charge in [-0.2, -0.15) is 0 Å². The Balaban J connectivity index is 1.77. The summed E-state index contributed by atoms with van der Waals surface area (Å²) in [5.74, 6) is 0.101. The summed E-state index contributed by atoms with van der Waals surface area (Å²) in [6, 6.07) is 26.0. The van der Waals surface area contributed by atoms with Crippen LogP contribution in [-0.2, 0) is 11.3 Å². The SMILES string of the molecule is CC[C@@H](C)NC(=O)C[C@@H](c1cccc(C)c1)c1cn(Cc2ccc(C)cc2)c2ccccc12. The molecule has 0 saturated heterocycles. The summed E-state index contributed by atoms with van der Waals surface area (Å²) in [5.41, 5.74) is 7.35. The van der Waals surface area contributed by atoms with Gasteiger partial charge in [0.2, 0.25) is 5.91 Å². The van der Waals surface area contributed by atoms with Crippen molar-refractivity contribution in [1.82, 2.24) is 9.88 Å². The molecular formula is C30H34N2O. The van der Waals surface area contributed by atoms with Crippen LogP contribution >= 0.6 is 0 Å². The van der Waals surface area contributed by atoms with Crippen molar-refractivity contribution in [2.24, 2.45) is 0 Å². The molecule has 0 fully saturated rings. The average Bonchev–Trinajstić information content (AvgIpc) is 3.17. The number of aromatic nitrogens is 1. The minimum atomic E-state index is -0.00174. The number of fused-ring (bicyclic) bond motifs is 1. The molecule has 1 aromatic heterocycles. The number of aryl methyl sites for hydroxylation is 2. The fourth-order valence-electron chi connectivity index (χ4n) is 4.49. The van der Waals surface area contributed by atoms with Gasteiger partial charge in [-0.25, -0.2) is 0 Å². The molecule has 0 spiro atoms. The van der Waals surface area contributed by atoms with Gasteiger partial charge in [0.1, 0.15) is 0 Å². The van der Waals surface area contributed by atoms with E-state index < -0.39 is 0 Å². The standard InChI is InChI=1S/C30H34N2O/c1-5-23(4)31-30(33)18-27(25-10-8-9-22(3)17-25)28-20-32(29-12-7-6-11-26(28)29)19-24-15-13-21(2)14-16-24/h6-17,20,23,27H,5,18-19H2,1-4H3,(H,31,33)/t23-,27+/m1/s1. The normalized spacial score (nSPS) is 13.1. The van der Waals surface area contributed by atoms with Gasteiger partial charge in [-0.3, -0.25) is 4.79 Å². The highest BCUT2D eigenvalue weighted by atomic mass is 16.1. The van der Waals surface area contributed by atoms with E-state index in [9.17, 15) is 4.79 Å². The number of hydrogen-bond acceptors (Lipinski definition) is 1. The Bertz CT molecular complexity index is 1240. The zero-order valence-electron chi connectivity index (χ0n) is 20.1. The lowest BCUT2D eigenvalue weighted by atomic mass is 9.87. The second-order valence-corrected chi connectivity index (χ2v) is 9.26. The van der Waals surface area contributed by atoms with Crippen LogP contribution in [0.2, 0.25) is 0 Å². The number of carbonyl (C=O) groups is 1. The lowest BCUT2D eigenvalue weighted by molar-refractivity contribution is -0.121. The Hall–Kier alpha value is -3.33. The van der Waals surface area contributed by atoms with Crippen molar-refractivity contribution in [3.05, 3.63) is 107 Å². The van der Waals surface area contributed by atoms with Gasteiger partial charge in [0, 0.05) is 42.0 Å². The summed E-state index contributed by atoms with van der Waals surface area (Å²) >= 11 is 0. The molecule has 3 nitrogen and oxygen atoms in total. The average molecular weight is 439 g/mol. The van der Waals surface area contributed by atoms with E-state index in [4.69, 9.17) is 0 Å². The monoisotopic (exact) mass is 438 g/mol. The van der Waals surface area contributed by atoms with Crippen LogP contribution in [0.25, 0.3) is 10.9 Å². The highest BCUT2D eigenvalue weighted by Crippen LogP contribution is 2.35. The molecule has 0 bridgehead atoms. The van der Waals surface area contributed by atoms with E-state index in [-0.39, 0.29) is 17.9 Å². The molecule has 0 aliphatic heterocycles. The number of benzene rings is 3. The van der Waals surface area contributed by atoms with Crippen LogP contribution in [0.15, 0.2) is 79.0 Å². The summed E-state index contributed by atoms with van der Waals surface area (Å²) in [6.07, 6.45) is 3.62. The van der Waals surface area contributed by atoms with Crippen LogP contribution in [0.3, 0.4) is 0 Å². The van der Waals surface area contributed by atoms with Crippen molar-refractivity contribution in [3.8, 4) is 0 Å². The Labute approximate surface area is 197 Å². The first-order chi connectivity index (χ1) is 15.9. The van der Waals surface area contributed by atoms with Crippen molar-refractivity contribution in [3.63, 3.8) is 0 Å². The molecule has 0 aliphatic rings. The summed E-state index contributed by atoms with van der Waals surface area (Å²) in [5, 5.41) is 4.38. The van der Waals surface area contributed by atoms with Gasteiger partial charge in [0.15, 0.2) is 0 Å². The molecule has 3 aromatic carbocycles. The van der Waals surface area contributed by atoms with E-state index in [2.05, 4.69) is 117 Å². The van der Waals surface area contributed by atoms with Crippen LogP contribution in [0.4, 0.5) is 0 Å². The molecular weight excluding hydrogens is 404 g/mol. The van der Waals surface area contributed by atoms with Crippen LogP contribution in [0, 0.1) is 13.8 Å². The summed E-state index contributed by atoms with van der Waals surface area (Å²) < 4.78 is 2.32. The first-order valence-corrected chi connectivity index (χ1v) is 11.9. The third-order valence-corrected chi connectivity index (χ3v) is 6.52. The van der Waals surface area contributed by atoms with Crippen molar-refractivity contribution in [2.45, 2.75) is 59.0 Å². The van der Waals surface area contributed by atoms with Crippen molar-refractivity contribution in [2.75, 3.05) is 0 Å². The first kappa shape index (κ1) is 22.8. The minimum Gasteiger partial charge on any atom is -0.354 e. The van der Waals surface area contributed by atoms with E-state index in [1.165, 1.54) is 38.7 Å². The molecule has 2 atom stereocenters. The van der Waals surface area contributed by atoms with E-state index in [0.29, 0.717) is 6.42 Å². The van der Waals surface area contributed by atoms with Crippen LogP contribution in [0.1, 0.15) is 60.4 Å². The van der Waals surface area contributed by atoms with Gasteiger partial charge in [-0.1, -0.05) is 84.8 Å². The predicted octanol–water partition coefficient (Wildman–Crippen LogP) is 6.74. The molecule has 3 heteroatoms. The highest BCUT2D eigenvalue weighted by Gasteiger charge is 2.23. The van der Waals surface area contributed by atoms with Gasteiger partial charge in [0.25, 0.3) is 0 Å². The highest BCUT2D eigenvalue weighted by molar-refractivity contribution is 5.87.